The minimum Gasteiger partial charge on any atom is -0.490 e. The van der Waals surface area contributed by atoms with Crippen molar-refractivity contribution in [2.75, 3.05) is 40.0 Å². The van der Waals surface area contributed by atoms with Crippen molar-refractivity contribution >= 4 is 34.5 Å². The lowest BCUT2D eigenvalue weighted by molar-refractivity contribution is -0.147. The first-order valence-corrected chi connectivity index (χ1v) is 16.5. The van der Waals surface area contributed by atoms with Gasteiger partial charge in [-0.05, 0) is 55.7 Å². The fourth-order valence-corrected chi connectivity index (χ4v) is 5.99. The van der Waals surface area contributed by atoms with Crippen LogP contribution in [0.15, 0.2) is 72.9 Å². The summed E-state index contributed by atoms with van der Waals surface area (Å²) >= 11 is 0. The Labute approximate surface area is 285 Å². The molecule has 4 amide bonds. The van der Waals surface area contributed by atoms with Crippen LogP contribution in [0.5, 0.6) is 17.2 Å². The van der Waals surface area contributed by atoms with Crippen LogP contribution in [0, 0.1) is 0 Å². The summed E-state index contributed by atoms with van der Waals surface area (Å²) in [7, 11) is 1.66. The van der Waals surface area contributed by atoms with Gasteiger partial charge >= 0.3 is 0 Å². The quantitative estimate of drug-likeness (QED) is 0.175. The summed E-state index contributed by atoms with van der Waals surface area (Å²) in [5.74, 6) is -0.140. The fourth-order valence-electron chi connectivity index (χ4n) is 5.99. The van der Waals surface area contributed by atoms with Gasteiger partial charge in [-0.1, -0.05) is 48.5 Å². The summed E-state index contributed by atoms with van der Waals surface area (Å²) in [5, 5.41) is 6.52. The van der Waals surface area contributed by atoms with Crippen LogP contribution >= 0.6 is 0 Å². The van der Waals surface area contributed by atoms with Crippen molar-refractivity contribution in [1.29, 1.82) is 0 Å². The molecule has 49 heavy (non-hydrogen) atoms. The average Bonchev–Trinajstić information content (AvgIpc) is 3.50. The van der Waals surface area contributed by atoms with Crippen LogP contribution < -0.4 is 24.8 Å². The number of rotatable bonds is 15. The average molecular weight is 670 g/mol. The molecule has 3 N–H and O–H groups in total. The van der Waals surface area contributed by atoms with Crippen LogP contribution in [0.1, 0.15) is 43.5 Å². The van der Waals surface area contributed by atoms with Crippen LogP contribution in [0.25, 0.3) is 10.9 Å². The number of nitrogens with zero attached hydrogens (tertiary/aromatic N) is 2. The summed E-state index contributed by atoms with van der Waals surface area (Å²) < 4.78 is 17.6. The molecule has 4 aromatic rings. The number of aromatic nitrogens is 1. The minimum atomic E-state index is -0.976. The number of hydrogen-bond donors (Lipinski definition) is 3. The van der Waals surface area contributed by atoms with E-state index in [-0.39, 0.29) is 37.9 Å². The van der Waals surface area contributed by atoms with E-state index in [0.29, 0.717) is 42.6 Å². The molecule has 2 heterocycles. The number of aromatic amines is 1. The number of hydrogen-bond acceptors (Lipinski definition) is 7. The molecule has 0 spiro atoms. The molecule has 0 aliphatic carbocycles. The summed E-state index contributed by atoms with van der Waals surface area (Å²) in [4.78, 5) is 59.6. The SMILES string of the molecule is CCOc1cc(CN(C)C(=O)C(Cc2c[nH]c3ccccc23)NC(=O)CN2CC(=O)NC(c3ccccc3)C2=O)cc(OCC)c1OCC. The molecule has 0 saturated carbocycles. The highest BCUT2D eigenvalue weighted by Crippen LogP contribution is 2.39. The van der Waals surface area contributed by atoms with Crippen LogP contribution in [-0.2, 0) is 32.1 Å². The van der Waals surface area contributed by atoms with Crippen molar-refractivity contribution in [3.63, 3.8) is 0 Å². The van der Waals surface area contributed by atoms with Gasteiger partial charge in [-0.2, -0.15) is 0 Å². The van der Waals surface area contributed by atoms with E-state index in [1.165, 1.54) is 9.80 Å². The number of piperazine rings is 1. The van der Waals surface area contributed by atoms with E-state index in [0.717, 1.165) is 22.0 Å². The maximum atomic E-state index is 14.2. The second kappa shape index (κ2) is 16.1. The molecule has 3 aromatic carbocycles. The molecular formula is C37H43N5O7. The summed E-state index contributed by atoms with van der Waals surface area (Å²) in [6.07, 6.45) is 2.02. The van der Waals surface area contributed by atoms with Crippen molar-refractivity contribution in [3.05, 3.63) is 89.6 Å². The van der Waals surface area contributed by atoms with E-state index >= 15 is 0 Å². The third-order valence-electron chi connectivity index (χ3n) is 8.16. The van der Waals surface area contributed by atoms with Gasteiger partial charge in [-0.25, -0.2) is 0 Å². The number of benzene rings is 3. The van der Waals surface area contributed by atoms with Crippen molar-refractivity contribution in [2.24, 2.45) is 0 Å². The van der Waals surface area contributed by atoms with Gasteiger partial charge in [0, 0.05) is 37.1 Å². The van der Waals surface area contributed by atoms with Gasteiger partial charge in [0.25, 0.3) is 5.91 Å². The van der Waals surface area contributed by atoms with Crippen molar-refractivity contribution in [2.45, 2.75) is 45.8 Å². The molecule has 2 atom stereocenters. The second-order valence-electron chi connectivity index (χ2n) is 11.7. The van der Waals surface area contributed by atoms with E-state index in [9.17, 15) is 19.2 Å². The minimum absolute atomic E-state index is 0.190. The molecule has 1 aliphatic rings. The standard InChI is InChI=1S/C37H43N5O7/c1-5-47-30-17-24(18-31(48-6-2)35(30)49-7-3)21-41(4)36(45)29(19-26-20-38-28-16-12-11-15-27(26)28)39-32(43)22-42-23-33(44)40-34(37(42)46)25-13-9-8-10-14-25/h8-18,20,29,34,38H,5-7,19,21-23H2,1-4H3,(H,39,43)(H,40,44). The monoisotopic (exact) mass is 669 g/mol. The Morgan fingerprint density at radius 1 is 0.939 bits per heavy atom. The van der Waals surface area contributed by atoms with Gasteiger partial charge in [-0.3, -0.25) is 19.2 Å². The van der Waals surface area contributed by atoms with Crippen LogP contribution in [0.2, 0.25) is 0 Å². The van der Waals surface area contributed by atoms with Gasteiger partial charge < -0.3 is 39.6 Å². The lowest BCUT2D eigenvalue weighted by Crippen LogP contribution is -2.57. The van der Waals surface area contributed by atoms with Crippen molar-refractivity contribution in [3.8, 4) is 17.2 Å². The van der Waals surface area contributed by atoms with Gasteiger partial charge in [0.2, 0.25) is 23.5 Å². The normalized spacial score (nSPS) is 15.0. The van der Waals surface area contributed by atoms with Crippen LogP contribution in [0.4, 0.5) is 0 Å². The van der Waals surface area contributed by atoms with Gasteiger partial charge in [0.15, 0.2) is 11.5 Å². The Morgan fingerprint density at radius 2 is 1.59 bits per heavy atom. The van der Waals surface area contributed by atoms with Crippen LogP contribution in [0.3, 0.4) is 0 Å². The van der Waals surface area contributed by atoms with Gasteiger partial charge in [0.05, 0.1) is 19.8 Å². The van der Waals surface area contributed by atoms with Gasteiger partial charge in [0.1, 0.15) is 25.2 Å². The van der Waals surface area contributed by atoms with E-state index < -0.39 is 23.9 Å². The van der Waals surface area contributed by atoms with Crippen molar-refractivity contribution < 1.29 is 33.4 Å². The number of nitrogens with one attached hydrogen (secondary N) is 3. The number of likely N-dealkylation sites (N-methyl/N-ethyl adjacent to an activating group) is 1. The number of carbonyl (C=O) groups excluding carboxylic acids is 4. The predicted molar refractivity (Wildman–Crippen MR) is 184 cm³/mol. The summed E-state index contributed by atoms with van der Waals surface area (Å²) in [6, 6.07) is 18.4. The van der Waals surface area contributed by atoms with E-state index in [2.05, 4.69) is 15.6 Å². The Bertz CT molecular complexity index is 1760. The summed E-state index contributed by atoms with van der Waals surface area (Å²) in [6.45, 7) is 6.42. The van der Waals surface area contributed by atoms with E-state index in [1.54, 1.807) is 31.3 Å². The third-order valence-corrected chi connectivity index (χ3v) is 8.16. The molecule has 12 nitrogen and oxygen atoms in total. The zero-order valence-electron chi connectivity index (χ0n) is 28.3. The first kappa shape index (κ1) is 34.8. The highest BCUT2D eigenvalue weighted by molar-refractivity contribution is 5.98. The number of para-hydroxylation sites is 1. The topological polar surface area (TPSA) is 142 Å². The molecule has 12 heteroatoms. The smallest absolute Gasteiger partial charge is 0.250 e. The fraction of sp³-hybridized carbons (Fsp3) is 0.351. The lowest BCUT2D eigenvalue weighted by Gasteiger charge is -2.33. The molecule has 1 aliphatic heterocycles. The maximum absolute atomic E-state index is 14.2. The number of carbonyl (C=O) groups is 4. The maximum Gasteiger partial charge on any atom is 0.250 e. The molecule has 1 saturated heterocycles. The Kier molecular flexibility index (Phi) is 11.4. The highest BCUT2D eigenvalue weighted by Gasteiger charge is 2.35. The molecule has 1 aromatic heterocycles. The Balaban J connectivity index is 1.38. The largest absolute Gasteiger partial charge is 0.490 e. The Hall–Kier alpha value is -5.52. The zero-order valence-corrected chi connectivity index (χ0v) is 28.3. The first-order valence-electron chi connectivity index (χ1n) is 16.5. The second-order valence-corrected chi connectivity index (χ2v) is 11.7. The molecule has 258 valence electrons. The highest BCUT2D eigenvalue weighted by atomic mass is 16.5. The Morgan fingerprint density at radius 3 is 2.27 bits per heavy atom. The van der Waals surface area contributed by atoms with E-state index in [4.69, 9.17) is 14.2 Å². The lowest BCUT2D eigenvalue weighted by atomic mass is 10.0. The molecule has 1 fully saturated rings. The molecule has 0 radical (unpaired) electrons. The first-order chi connectivity index (χ1) is 23.7. The molecule has 0 bridgehead atoms. The zero-order chi connectivity index (χ0) is 34.9. The number of H-pyrrole nitrogens is 1. The summed E-state index contributed by atoms with van der Waals surface area (Å²) in [5.41, 5.74) is 3.12. The van der Waals surface area contributed by atoms with Gasteiger partial charge in [-0.15, -0.1) is 0 Å². The molecular weight excluding hydrogens is 626 g/mol. The number of fused-ring (bicyclic) bond motifs is 1. The van der Waals surface area contributed by atoms with E-state index in [1.807, 2.05) is 69.4 Å². The number of amides is 4. The molecule has 2 unspecified atom stereocenters. The predicted octanol–water partition coefficient (Wildman–Crippen LogP) is 3.75. The number of ether oxygens (including phenoxy) is 3. The van der Waals surface area contributed by atoms with Crippen LogP contribution in [-0.4, -0.2) is 84.4 Å². The van der Waals surface area contributed by atoms with Crippen molar-refractivity contribution in [1.82, 2.24) is 25.4 Å². The molecule has 5 rings (SSSR count). The third kappa shape index (κ3) is 8.32.